The van der Waals surface area contributed by atoms with Crippen molar-refractivity contribution >= 4 is 15.9 Å². The third-order valence-corrected chi connectivity index (χ3v) is 5.42. The van der Waals surface area contributed by atoms with E-state index in [1.807, 2.05) is 0 Å². The van der Waals surface area contributed by atoms with E-state index in [-0.39, 0.29) is 0 Å². The smallest absolute Gasteiger partial charge is 0.0151 e. The molecule has 0 bridgehead atoms. The minimum atomic E-state index is 0.669. The Labute approximate surface area is 97.0 Å². The predicted molar refractivity (Wildman–Crippen MR) is 65.8 cm³/mol. The first-order chi connectivity index (χ1) is 6.60. The molecule has 0 spiro atoms. The lowest BCUT2D eigenvalue weighted by atomic mass is 9.66. The van der Waals surface area contributed by atoms with Gasteiger partial charge in [-0.15, -0.1) is 0 Å². The summed E-state index contributed by atoms with van der Waals surface area (Å²) in [5.41, 5.74) is 0.669. The van der Waals surface area contributed by atoms with Gasteiger partial charge in [0.15, 0.2) is 0 Å². The van der Waals surface area contributed by atoms with Crippen LogP contribution in [0.25, 0.3) is 0 Å². The first-order valence-electron chi connectivity index (χ1n) is 6.24. The maximum atomic E-state index is 3.80. The molecule has 0 aromatic heterocycles. The average molecular weight is 259 g/mol. The molecule has 2 saturated carbocycles. The summed E-state index contributed by atoms with van der Waals surface area (Å²) < 4.78 is 0. The first kappa shape index (κ1) is 11.0. The van der Waals surface area contributed by atoms with E-state index in [0.29, 0.717) is 5.41 Å². The van der Waals surface area contributed by atoms with Crippen molar-refractivity contribution < 1.29 is 0 Å². The van der Waals surface area contributed by atoms with Crippen molar-refractivity contribution in [2.24, 2.45) is 17.3 Å². The van der Waals surface area contributed by atoms with Crippen LogP contribution in [0.5, 0.6) is 0 Å². The van der Waals surface area contributed by atoms with Crippen LogP contribution in [0.3, 0.4) is 0 Å². The van der Waals surface area contributed by atoms with E-state index in [1.165, 1.54) is 44.9 Å². The quantitative estimate of drug-likeness (QED) is 0.595. The fourth-order valence-electron chi connectivity index (χ4n) is 3.63. The first-order valence-corrected chi connectivity index (χ1v) is 7.16. The molecule has 2 aliphatic rings. The lowest BCUT2D eigenvalue weighted by Crippen LogP contribution is -2.29. The molecule has 4 unspecified atom stereocenters. The zero-order chi connectivity index (χ0) is 10.2. The van der Waals surface area contributed by atoms with Crippen LogP contribution < -0.4 is 0 Å². The molecule has 4 atom stereocenters. The molecule has 14 heavy (non-hydrogen) atoms. The van der Waals surface area contributed by atoms with Crippen LogP contribution >= 0.6 is 15.9 Å². The molecule has 0 heterocycles. The molecule has 1 heteroatoms. The SMILES string of the molecule is CC1CCCC(C2(C)CCC(Br)C2)C1. The third kappa shape index (κ3) is 2.18. The van der Waals surface area contributed by atoms with Gasteiger partial charge in [0.2, 0.25) is 0 Å². The van der Waals surface area contributed by atoms with E-state index in [0.717, 1.165) is 16.7 Å². The van der Waals surface area contributed by atoms with Crippen LogP contribution in [-0.4, -0.2) is 4.83 Å². The normalized spacial score (nSPS) is 49.5. The molecule has 0 nitrogen and oxygen atoms in total. The molecule has 0 aliphatic heterocycles. The average Bonchev–Trinajstić information content (AvgIpc) is 2.48. The van der Waals surface area contributed by atoms with Crippen molar-refractivity contribution in [3.8, 4) is 0 Å². The Morgan fingerprint density at radius 2 is 2.00 bits per heavy atom. The van der Waals surface area contributed by atoms with Crippen molar-refractivity contribution in [2.45, 2.75) is 63.6 Å². The van der Waals surface area contributed by atoms with Gasteiger partial charge in [-0.05, 0) is 49.4 Å². The zero-order valence-electron chi connectivity index (χ0n) is 9.56. The molecule has 2 rings (SSSR count). The summed E-state index contributed by atoms with van der Waals surface area (Å²) in [4.78, 5) is 0.810. The summed E-state index contributed by atoms with van der Waals surface area (Å²) >= 11 is 3.80. The van der Waals surface area contributed by atoms with Crippen LogP contribution in [0, 0.1) is 17.3 Å². The van der Waals surface area contributed by atoms with Crippen molar-refractivity contribution in [3.05, 3.63) is 0 Å². The highest BCUT2D eigenvalue weighted by atomic mass is 79.9. The summed E-state index contributed by atoms with van der Waals surface area (Å²) in [5.74, 6) is 2.01. The van der Waals surface area contributed by atoms with E-state index in [4.69, 9.17) is 0 Å². The van der Waals surface area contributed by atoms with Crippen LogP contribution in [0.1, 0.15) is 58.8 Å². The molecule has 2 aliphatic carbocycles. The predicted octanol–water partition coefficient (Wildman–Crippen LogP) is 4.77. The van der Waals surface area contributed by atoms with E-state index >= 15 is 0 Å². The zero-order valence-corrected chi connectivity index (χ0v) is 11.1. The Kier molecular flexibility index (Phi) is 3.26. The van der Waals surface area contributed by atoms with Gasteiger partial charge in [0.05, 0.1) is 0 Å². The second kappa shape index (κ2) is 4.15. The Morgan fingerprint density at radius 1 is 1.21 bits per heavy atom. The van der Waals surface area contributed by atoms with Crippen molar-refractivity contribution in [1.82, 2.24) is 0 Å². The Hall–Kier alpha value is 0.480. The second-order valence-corrected chi connectivity index (χ2v) is 7.26. The monoisotopic (exact) mass is 258 g/mol. The second-order valence-electron chi connectivity index (χ2n) is 5.96. The summed E-state index contributed by atoms with van der Waals surface area (Å²) in [6.07, 6.45) is 10.2. The standard InChI is InChI=1S/C13H23Br/c1-10-4-3-5-11(8-10)13(2)7-6-12(14)9-13/h10-12H,3-9H2,1-2H3. The molecule has 0 N–H and O–H groups in total. The van der Waals surface area contributed by atoms with E-state index in [9.17, 15) is 0 Å². The third-order valence-electron chi connectivity index (χ3n) is 4.64. The molecule has 0 amide bonds. The molecule has 82 valence electrons. The van der Waals surface area contributed by atoms with Crippen LogP contribution in [0.15, 0.2) is 0 Å². The van der Waals surface area contributed by atoms with Gasteiger partial charge in [-0.25, -0.2) is 0 Å². The number of rotatable bonds is 1. The van der Waals surface area contributed by atoms with Crippen molar-refractivity contribution in [2.75, 3.05) is 0 Å². The van der Waals surface area contributed by atoms with E-state index < -0.39 is 0 Å². The molecule has 2 fully saturated rings. The maximum absolute atomic E-state index is 3.80. The van der Waals surface area contributed by atoms with Gasteiger partial charge in [0.25, 0.3) is 0 Å². The summed E-state index contributed by atoms with van der Waals surface area (Å²) in [6, 6.07) is 0. The Bertz CT molecular complexity index is 201. The lowest BCUT2D eigenvalue weighted by molar-refractivity contribution is 0.119. The van der Waals surface area contributed by atoms with Crippen LogP contribution in [0.2, 0.25) is 0 Å². The van der Waals surface area contributed by atoms with E-state index in [1.54, 1.807) is 0 Å². The van der Waals surface area contributed by atoms with Crippen LogP contribution in [-0.2, 0) is 0 Å². The summed E-state index contributed by atoms with van der Waals surface area (Å²) in [6.45, 7) is 4.98. The topological polar surface area (TPSA) is 0 Å². The number of hydrogen-bond acceptors (Lipinski definition) is 0. The maximum Gasteiger partial charge on any atom is 0.0151 e. The molecule has 0 saturated heterocycles. The summed E-state index contributed by atoms with van der Waals surface area (Å²) in [7, 11) is 0. The lowest BCUT2D eigenvalue weighted by Gasteiger charge is -2.39. The molecule has 0 aromatic rings. The fourth-order valence-corrected chi connectivity index (χ4v) is 4.60. The molecule has 0 radical (unpaired) electrons. The van der Waals surface area contributed by atoms with Crippen molar-refractivity contribution in [3.63, 3.8) is 0 Å². The highest BCUT2D eigenvalue weighted by Gasteiger charge is 2.41. The van der Waals surface area contributed by atoms with Gasteiger partial charge in [-0.2, -0.15) is 0 Å². The van der Waals surface area contributed by atoms with Gasteiger partial charge in [-0.3, -0.25) is 0 Å². The number of hydrogen-bond donors (Lipinski definition) is 0. The minimum Gasteiger partial charge on any atom is -0.0890 e. The van der Waals surface area contributed by atoms with Crippen LogP contribution in [0.4, 0.5) is 0 Å². The molecular weight excluding hydrogens is 236 g/mol. The molecule has 0 aromatic carbocycles. The van der Waals surface area contributed by atoms with Gasteiger partial charge >= 0.3 is 0 Å². The Balaban J connectivity index is 1.99. The van der Waals surface area contributed by atoms with Gasteiger partial charge < -0.3 is 0 Å². The highest BCUT2D eigenvalue weighted by Crippen LogP contribution is 2.51. The minimum absolute atomic E-state index is 0.669. The van der Waals surface area contributed by atoms with Gasteiger partial charge in [0, 0.05) is 4.83 Å². The fraction of sp³-hybridized carbons (Fsp3) is 1.00. The molecular formula is C13H23Br. The Morgan fingerprint density at radius 3 is 2.57 bits per heavy atom. The highest BCUT2D eigenvalue weighted by molar-refractivity contribution is 9.09. The van der Waals surface area contributed by atoms with E-state index in [2.05, 4.69) is 29.8 Å². The summed E-state index contributed by atoms with van der Waals surface area (Å²) in [5, 5.41) is 0. The number of halogens is 1. The number of alkyl halides is 1. The van der Waals surface area contributed by atoms with Gasteiger partial charge in [-0.1, -0.05) is 42.6 Å². The largest absolute Gasteiger partial charge is 0.0890 e. The van der Waals surface area contributed by atoms with Crippen molar-refractivity contribution in [1.29, 1.82) is 0 Å². The van der Waals surface area contributed by atoms with Gasteiger partial charge in [0.1, 0.15) is 0 Å².